The molecular weight excluding hydrogens is 280 g/mol. The van der Waals surface area contributed by atoms with Gasteiger partial charge in [0.2, 0.25) is 5.88 Å². The van der Waals surface area contributed by atoms with E-state index < -0.39 is 12.2 Å². The highest BCUT2D eigenvalue weighted by atomic mass is 16.5. The van der Waals surface area contributed by atoms with Crippen LogP contribution in [0.2, 0.25) is 0 Å². The van der Waals surface area contributed by atoms with Crippen molar-refractivity contribution >= 4 is 11.0 Å². The molecule has 118 valence electrons. The zero-order valence-electron chi connectivity index (χ0n) is 12.8. The number of aliphatic hydroxyl groups is 2. The van der Waals surface area contributed by atoms with Gasteiger partial charge in [-0.25, -0.2) is 4.98 Å². The van der Waals surface area contributed by atoms with Gasteiger partial charge in [-0.1, -0.05) is 19.3 Å². The van der Waals surface area contributed by atoms with E-state index >= 15 is 0 Å². The third-order valence-electron chi connectivity index (χ3n) is 4.57. The third kappa shape index (κ3) is 2.91. The Balaban J connectivity index is 1.93. The minimum Gasteiger partial charge on any atom is -0.481 e. The number of aliphatic hydroxyl groups excluding tert-OH is 2. The standard InChI is InChI=1S/C17H22N2O3/c1-22-14-8-7-13-15(19-14)12(9-10-18-13)17(21)16(20)11-5-3-2-4-6-11/h7-11,16-17,20-21H,2-6H2,1H3/t16-,17-/m1/s1. The van der Waals surface area contributed by atoms with Gasteiger partial charge in [0.15, 0.2) is 0 Å². The van der Waals surface area contributed by atoms with Crippen molar-refractivity contribution < 1.29 is 14.9 Å². The molecule has 0 bridgehead atoms. The van der Waals surface area contributed by atoms with Crippen LogP contribution in [0.25, 0.3) is 11.0 Å². The molecule has 0 spiro atoms. The minimum absolute atomic E-state index is 0.151. The minimum atomic E-state index is -0.951. The fourth-order valence-corrected chi connectivity index (χ4v) is 3.30. The van der Waals surface area contributed by atoms with Gasteiger partial charge in [-0.15, -0.1) is 0 Å². The van der Waals surface area contributed by atoms with Crippen LogP contribution in [-0.2, 0) is 0 Å². The van der Waals surface area contributed by atoms with Gasteiger partial charge in [0.25, 0.3) is 0 Å². The second-order valence-electron chi connectivity index (χ2n) is 5.96. The zero-order chi connectivity index (χ0) is 15.5. The molecule has 1 saturated carbocycles. The number of hydrogen-bond acceptors (Lipinski definition) is 5. The molecule has 0 saturated heterocycles. The Morgan fingerprint density at radius 2 is 1.91 bits per heavy atom. The van der Waals surface area contributed by atoms with Crippen molar-refractivity contribution in [3.63, 3.8) is 0 Å². The fourth-order valence-electron chi connectivity index (χ4n) is 3.30. The summed E-state index contributed by atoms with van der Waals surface area (Å²) in [6.07, 6.45) is 5.33. The van der Waals surface area contributed by atoms with Crippen molar-refractivity contribution in [2.75, 3.05) is 7.11 Å². The topological polar surface area (TPSA) is 75.5 Å². The van der Waals surface area contributed by atoms with E-state index in [2.05, 4.69) is 9.97 Å². The Morgan fingerprint density at radius 1 is 1.14 bits per heavy atom. The van der Waals surface area contributed by atoms with Gasteiger partial charge in [0, 0.05) is 17.8 Å². The molecule has 3 rings (SSSR count). The van der Waals surface area contributed by atoms with Crippen LogP contribution < -0.4 is 4.74 Å². The van der Waals surface area contributed by atoms with E-state index in [4.69, 9.17) is 4.74 Å². The highest BCUT2D eigenvalue weighted by molar-refractivity contribution is 5.78. The second kappa shape index (κ2) is 6.58. The molecule has 0 radical (unpaired) electrons. The molecule has 1 aliphatic rings. The zero-order valence-corrected chi connectivity index (χ0v) is 12.8. The maximum absolute atomic E-state index is 10.6. The summed E-state index contributed by atoms with van der Waals surface area (Å²) in [5, 5.41) is 21.2. The first-order valence-corrected chi connectivity index (χ1v) is 7.86. The summed E-state index contributed by atoms with van der Waals surface area (Å²) in [6.45, 7) is 0. The van der Waals surface area contributed by atoms with E-state index in [1.807, 2.05) is 6.07 Å². The van der Waals surface area contributed by atoms with Gasteiger partial charge in [-0.3, -0.25) is 4.98 Å². The number of aromatic nitrogens is 2. The van der Waals surface area contributed by atoms with Gasteiger partial charge in [-0.2, -0.15) is 0 Å². The molecule has 0 amide bonds. The quantitative estimate of drug-likeness (QED) is 0.908. The van der Waals surface area contributed by atoms with E-state index in [1.54, 1.807) is 25.4 Å². The van der Waals surface area contributed by atoms with Crippen molar-refractivity contribution in [3.05, 3.63) is 30.0 Å². The first kappa shape index (κ1) is 15.2. The fraction of sp³-hybridized carbons (Fsp3) is 0.529. The van der Waals surface area contributed by atoms with Crippen LogP contribution in [0.15, 0.2) is 24.4 Å². The summed E-state index contributed by atoms with van der Waals surface area (Å²) >= 11 is 0. The van der Waals surface area contributed by atoms with E-state index in [0.717, 1.165) is 25.7 Å². The average Bonchev–Trinajstić information content (AvgIpc) is 2.60. The number of fused-ring (bicyclic) bond motifs is 1. The molecule has 5 heteroatoms. The van der Waals surface area contributed by atoms with Gasteiger partial charge in [-0.05, 0) is 30.9 Å². The van der Waals surface area contributed by atoms with E-state index in [1.165, 1.54) is 6.42 Å². The Labute approximate surface area is 130 Å². The van der Waals surface area contributed by atoms with Gasteiger partial charge < -0.3 is 14.9 Å². The van der Waals surface area contributed by atoms with Crippen molar-refractivity contribution in [3.8, 4) is 5.88 Å². The molecule has 2 atom stereocenters. The van der Waals surface area contributed by atoms with Gasteiger partial charge in [0.1, 0.15) is 6.10 Å². The monoisotopic (exact) mass is 302 g/mol. The summed E-state index contributed by atoms with van der Waals surface area (Å²) in [7, 11) is 1.55. The van der Waals surface area contributed by atoms with Gasteiger partial charge in [0.05, 0.1) is 24.2 Å². The van der Waals surface area contributed by atoms with Crippen molar-refractivity contribution in [1.29, 1.82) is 0 Å². The summed E-state index contributed by atoms with van der Waals surface area (Å²) in [5.41, 5.74) is 1.89. The van der Waals surface area contributed by atoms with E-state index in [0.29, 0.717) is 22.5 Å². The SMILES string of the molecule is COc1ccc2nccc([C@@H](O)[C@H](O)C3CCCCC3)c2n1. The summed E-state index contributed by atoms with van der Waals surface area (Å²) < 4.78 is 5.15. The first-order valence-electron chi connectivity index (χ1n) is 7.86. The molecule has 5 nitrogen and oxygen atoms in total. The lowest BCUT2D eigenvalue weighted by molar-refractivity contribution is -0.0279. The van der Waals surface area contributed by atoms with Crippen LogP contribution in [0.1, 0.15) is 43.8 Å². The Morgan fingerprint density at radius 3 is 2.64 bits per heavy atom. The summed E-state index contributed by atoms with van der Waals surface area (Å²) in [4.78, 5) is 8.65. The van der Waals surface area contributed by atoms with Crippen LogP contribution in [0, 0.1) is 5.92 Å². The lowest BCUT2D eigenvalue weighted by Crippen LogP contribution is -2.29. The molecule has 0 unspecified atom stereocenters. The molecule has 22 heavy (non-hydrogen) atoms. The van der Waals surface area contributed by atoms with Crippen LogP contribution in [0.3, 0.4) is 0 Å². The third-order valence-corrected chi connectivity index (χ3v) is 4.57. The number of rotatable bonds is 4. The smallest absolute Gasteiger partial charge is 0.213 e. The van der Waals surface area contributed by atoms with E-state index in [9.17, 15) is 10.2 Å². The first-order chi connectivity index (χ1) is 10.7. The number of ether oxygens (including phenoxy) is 1. The number of hydrogen-bond donors (Lipinski definition) is 2. The Hall–Kier alpha value is -1.72. The van der Waals surface area contributed by atoms with Crippen molar-refractivity contribution in [1.82, 2.24) is 9.97 Å². The average molecular weight is 302 g/mol. The molecule has 2 N–H and O–H groups in total. The predicted octanol–water partition coefficient (Wildman–Crippen LogP) is 2.61. The van der Waals surface area contributed by atoms with Crippen LogP contribution >= 0.6 is 0 Å². The second-order valence-corrected chi connectivity index (χ2v) is 5.96. The maximum Gasteiger partial charge on any atom is 0.213 e. The van der Waals surface area contributed by atoms with Crippen LogP contribution in [-0.4, -0.2) is 33.4 Å². The van der Waals surface area contributed by atoms with Crippen molar-refractivity contribution in [2.45, 2.75) is 44.3 Å². The normalized spacial score (nSPS) is 19.0. The Bertz CT molecular complexity index is 641. The maximum atomic E-state index is 10.6. The lowest BCUT2D eigenvalue weighted by atomic mass is 9.82. The molecule has 2 aromatic rings. The molecule has 2 heterocycles. The predicted molar refractivity (Wildman–Crippen MR) is 83.6 cm³/mol. The van der Waals surface area contributed by atoms with Crippen molar-refractivity contribution in [2.24, 2.45) is 5.92 Å². The van der Waals surface area contributed by atoms with Crippen LogP contribution in [0.5, 0.6) is 5.88 Å². The highest BCUT2D eigenvalue weighted by Gasteiger charge is 2.30. The summed E-state index contributed by atoms with van der Waals surface area (Å²) in [5.74, 6) is 0.624. The van der Waals surface area contributed by atoms with Gasteiger partial charge >= 0.3 is 0 Å². The van der Waals surface area contributed by atoms with E-state index in [-0.39, 0.29) is 5.92 Å². The molecule has 0 aliphatic heterocycles. The number of methoxy groups -OCH3 is 1. The molecule has 2 aromatic heterocycles. The largest absolute Gasteiger partial charge is 0.481 e. The lowest BCUT2D eigenvalue weighted by Gasteiger charge is -2.30. The molecular formula is C17H22N2O3. The Kier molecular flexibility index (Phi) is 4.55. The molecule has 1 aliphatic carbocycles. The number of pyridine rings is 2. The molecule has 0 aromatic carbocycles. The number of nitrogens with zero attached hydrogens (tertiary/aromatic N) is 2. The van der Waals surface area contributed by atoms with Crippen LogP contribution in [0.4, 0.5) is 0 Å². The highest BCUT2D eigenvalue weighted by Crippen LogP contribution is 2.34. The summed E-state index contributed by atoms with van der Waals surface area (Å²) in [6, 6.07) is 5.28. The molecule has 1 fully saturated rings.